The predicted molar refractivity (Wildman–Crippen MR) is 112 cm³/mol. The van der Waals surface area contributed by atoms with Gasteiger partial charge in [-0.15, -0.1) is 0 Å². The number of carbonyl (C=O) groups excluding carboxylic acids is 2. The molecule has 29 heavy (non-hydrogen) atoms. The highest BCUT2D eigenvalue weighted by Crippen LogP contribution is 2.27. The molecule has 2 fully saturated rings. The van der Waals surface area contributed by atoms with Crippen molar-refractivity contribution in [2.75, 3.05) is 36.4 Å². The van der Waals surface area contributed by atoms with Gasteiger partial charge in [-0.2, -0.15) is 0 Å². The first-order valence-corrected chi connectivity index (χ1v) is 10.4. The van der Waals surface area contributed by atoms with Crippen LogP contribution >= 0.6 is 11.6 Å². The van der Waals surface area contributed by atoms with E-state index in [1.807, 2.05) is 4.90 Å². The normalized spacial score (nSPS) is 17.4. The molecule has 0 atom stereocenters. The summed E-state index contributed by atoms with van der Waals surface area (Å²) >= 11 is 6.13. The zero-order valence-electron chi connectivity index (χ0n) is 16.2. The Labute approximate surface area is 175 Å². The van der Waals surface area contributed by atoms with E-state index in [0.717, 1.165) is 57.7 Å². The Bertz CT molecular complexity index is 878. The summed E-state index contributed by atoms with van der Waals surface area (Å²) in [6.07, 6.45) is 8.54. The summed E-state index contributed by atoms with van der Waals surface area (Å²) < 4.78 is 0. The standard InChI is InChI=1S/C21H24ClN5O2/c22-16-3-4-18(17(13-16)21(29)27-9-1-2-10-27)25-20(28)15-5-11-26(12-6-15)19-14-23-7-8-24-19/h3-4,7-8,13-15H,1-2,5-6,9-12H2,(H,25,28). The molecule has 8 heteroatoms. The molecule has 3 heterocycles. The van der Waals surface area contributed by atoms with Crippen LogP contribution in [0.5, 0.6) is 0 Å². The smallest absolute Gasteiger partial charge is 0.256 e. The third-order valence-corrected chi connectivity index (χ3v) is 5.84. The summed E-state index contributed by atoms with van der Waals surface area (Å²) in [5, 5.41) is 3.46. The van der Waals surface area contributed by atoms with E-state index >= 15 is 0 Å². The third-order valence-electron chi connectivity index (χ3n) is 5.60. The van der Waals surface area contributed by atoms with Gasteiger partial charge in [-0.3, -0.25) is 14.6 Å². The molecule has 1 aromatic carbocycles. The number of hydrogen-bond acceptors (Lipinski definition) is 5. The summed E-state index contributed by atoms with van der Waals surface area (Å²) in [7, 11) is 0. The lowest BCUT2D eigenvalue weighted by atomic mass is 9.95. The highest BCUT2D eigenvalue weighted by molar-refractivity contribution is 6.31. The molecule has 2 aromatic rings. The number of amides is 2. The average molecular weight is 414 g/mol. The molecule has 0 spiro atoms. The first-order chi connectivity index (χ1) is 14.1. The fourth-order valence-corrected chi connectivity index (χ4v) is 4.13. The number of nitrogens with one attached hydrogen (secondary N) is 1. The lowest BCUT2D eigenvalue weighted by Crippen LogP contribution is -2.39. The highest BCUT2D eigenvalue weighted by atomic mass is 35.5. The van der Waals surface area contributed by atoms with Gasteiger partial charge in [0.15, 0.2) is 0 Å². The summed E-state index contributed by atoms with van der Waals surface area (Å²) in [6.45, 7) is 2.99. The minimum Gasteiger partial charge on any atom is -0.355 e. The number of nitrogens with zero attached hydrogens (tertiary/aromatic N) is 4. The van der Waals surface area contributed by atoms with E-state index in [9.17, 15) is 9.59 Å². The van der Waals surface area contributed by atoms with Gasteiger partial charge in [0, 0.05) is 49.5 Å². The predicted octanol–water partition coefficient (Wildman–Crippen LogP) is 3.22. The second-order valence-electron chi connectivity index (χ2n) is 7.50. The molecule has 0 bridgehead atoms. The molecule has 0 unspecified atom stereocenters. The molecule has 0 radical (unpaired) electrons. The van der Waals surface area contributed by atoms with Gasteiger partial charge in [0.1, 0.15) is 5.82 Å². The fourth-order valence-electron chi connectivity index (χ4n) is 3.95. The van der Waals surface area contributed by atoms with Crippen molar-refractivity contribution >= 4 is 34.9 Å². The number of likely N-dealkylation sites (tertiary alicyclic amines) is 1. The second-order valence-corrected chi connectivity index (χ2v) is 7.94. The van der Waals surface area contributed by atoms with E-state index in [2.05, 4.69) is 20.2 Å². The lowest BCUT2D eigenvalue weighted by Gasteiger charge is -2.32. The van der Waals surface area contributed by atoms with Crippen molar-refractivity contribution < 1.29 is 9.59 Å². The summed E-state index contributed by atoms with van der Waals surface area (Å²) in [5.74, 6) is 0.607. The van der Waals surface area contributed by atoms with E-state index in [-0.39, 0.29) is 17.7 Å². The number of benzene rings is 1. The molecular formula is C21H24ClN5O2. The van der Waals surface area contributed by atoms with Crippen LogP contribution in [0, 0.1) is 5.92 Å². The largest absolute Gasteiger partial charge is 0.355 e. The Morgan fingerprint density at radius 2 is 1.83 bits per heavy atom. The fraction of sp³-hybridized carbons (Fsp3) is 0.429. The van der Waals surface area contributed by atoms with Gasteiger partial charge in [0.2, 0.25) is 5.91 Å². The third kappa shape index (κ3) is 4.50. The van der Waals surface area contributed by atoms with Gasteiger partial charge in [0.25, 0.3) is 5.91 Å². The summed E-state index contributed by atoms with van der Waals surface area (Å²) in [6, 6.07) is 5.07. The number of piperidine rings is 1. The van der Waals surface area contributed by atoms with Crippen LogP contribution in [0.4, 0.5) is 11.5 Å². The Balaban J connectivity index is 1.42. The van der Waals surface area contributed by atoms with E-state index in [4.69, 9.17) is 11.6 Å². The minimum absolute atomic E-state index is 0.0541. The van der Waals surface area contributed by atoms with Crippen molar-refractivity contribution in [1.82, 2.24) is 14.9 Å². The van der Waals surface area contributed by atoms with Crippen LogP contribution in [-0.2, 0) is 4.79 Å². The number of halogens is 1. The van der Waals surface area contributed by atoms with E-state index in [1.54, 1.807) is 36.8 Å². The van der Waals surface area contributed by atoms with Gasteiger partial charge < -0.3 is 15.1 Å². The van der Waals surface area contributed by atoms with Gasteiger partial charge in [-0.25, -0.2) is 4.98 Å². The van der Waals surface area contributed by atoms with Gasteiger partial charge in [-0.1, -0.05) is 11.6 Å². The van der Waals surface area contributed by atoms with Gasteiger partial charge in [0.05, 0.1) is 17.4 Å². The molecule has 7 nitrogen and oxygen atoms in total. The number of aromatic nitrogens is 2. The van der Waals surface area contributed by atoms with Crippen LogP contribution in [-0.4, -0.2) is 52.9 Å². The van der Waals surface area contributed by atoms with Crippen molar-refractivity contribution in [3.05, 3.63) is 47.4 Å². The number of rotatable bonds is 4. The maximum absolute atomic E-state index is 12.9. The van der Waals surface area contributed by atoms with E-state index in [1.165, 1.54) is 0 Å². The van der Waals surface area contributed by atoms with Crippen LogP contribution in [0.15, 0.2) is 36.8 Å². The SMILES string of the molecule is O=C(Nc1ccc(Cl)cc1C(=O)N1CCCC1)C1CCN(c2cnccn2)CC1. The maximum atomic E-state index is 12.9. The maximum Gasteiger partial charge on any atom is 0.256 e. The number of anilines is 2. The minimum atomic E-state index is -0.103. The molecule has 2 saturated heterocycles. The monoisotopic (exact) mass is 413 g/mol. The van der Waals surface area contributed by atoms with Gasteiger partial charge in [-0.05, 0) is 43.9 Å². The molecule has 1 aromatic heterocycles. The first kappa shape index (κ1) is 19.6. The Hall–Kier alpha value is -2.67. The molecule has 1 N–H and O–H groups in total. The summed E-state index contributed by atoms with van der Waals surface area (Å²) in [4.78, 5) is 38.1. The van der Waals surface area contributed by atoms with Crippen molar-refractivity contribution in [1.29, 1.82) is 0 Å². The van der Waals surface area contributed by atoms with Gasteiger partial charge >= 0.3 is 0 Å². The van der Waals surface area contributed by atoms with Crippen molar-refractivity contribution in [3.63, 3.8) is 0 Å². The quantitative estimate of drug-likeness (QED) is 0.832. The van der Waals surface area contributed by atoms with Crippen LogP contribution in [0.2, 0.25) is 5.02 Å². The van der Waals surface area contributed by atoms with Crippen molar-refractivity contribution in [2.45, 2.75) is 25.7 Å². The zero-order valence-corrected chi connectivity index (χ0v) is 16.9. The molecule has 2 aliphatic rings. The van der Waals surface area contributed by atoms with Crippen molar-refractivity contribution in [3.8, 4) is 0 Å². The zero-order chi connectivity index (χ0) is 20.2. The Kier molecular flexibility index (Phi) is 5.94. The highest BCUT2D eigenvalue weighted by Gasteiger charge is 2.28. The van der Waals surface area contributed by atoms with E-state index in [0.29, 0.717) is 16.3 Å². The number of hydrogen-bond donors (Lipinski definition) is 1. The second kappa shape index (κ2) is 8.78. The molecule has 0 aliphatic carbocycles. The van der Waals surface area contributed by atoms with Crippen LogP contribution in [0.1, 0.15) is 36.0 Å². The molecule has 4 rings (SSSR count). The topological polar surface area (TPSA) is 78.4 Å². The van der Waals surface area contributed by atoms with Crippen LogP contribution in [0.3, 0.4) is 0 Å². The lowest BCUT2D eigenvalue weighted by molar-refractivity contribution is -0.120. The summed E-state index contributed by atoms with van der Waals surface area (Å²) in [5.41, 5.74) is 0.998. The molecule has 2 aliphatic heterocycles. The molecule has 152 valence electrons. The Morgan fingerprint density at radius 1 is 1.07 bits per heavy atom. The average Bonchev–Trinajstić information content (AvgIpc) is 3.30. The van der Waals surface area contributed by atoms with Crippen LogP contribution in [0.25, 0.3) is 0 Å². The molecular weight excluding hydrogens is 390 g/mol. The Morgan fingerprint density at radius 3 is 2.52 bits per heavy atom. The molecule has 2 amide bonds. The number of carbonyl (C=O) groups is 2. The van der Waals surface area contributed by atoms with Crippen LogP contribution < -0.4 is 10.2 Å². The molecule has 0 saturated carbocycles. The van der Waals surface area contributed by atoms with E-state index < -0.39 is 0 Å². The van der Waals surface area contributed by atoms with Crippen molar-refractivity contribution in [2.24, 2.45) is 5.92 Å². The first-order valence-electron chi connectivity index (χ1n) is 10.0.